The number of carbonyl (C=O) groups is 2. The van der Waals surface area contributed by atoms with E-state index in [1.807, 2.05) is 78.8 Å². The summed E-state index contributed by atoms with van der Waals surface area (Å²) in [7, 11) is 6.48. The third-order valence-corrected chi connectivity index (χ3v) is 22.3. The number of hydrogen-bond donors (Lipinski definition) is 9. The highest BCUT2D eigenvalue weighted by Crippen LogP contribution is 2.37. The lowest BCUT2D eigenvalue weighted by molar-refractivity contribution is -0.160. The molecule has 0 saturated carbocycles. The summed E-state index contributed by atoms with van der Waals surface area (Å²) in [6.07, 6.45) is 9.95. The van der Waals surface area contributed by atoms with Gasteiger partial charge in [0.25, 0.3) is 0 Å². The summed E-state index contributed by atoms with van der Waals surface area (Å²) >= 11 is 0. The maximum absolute atomic E-state index is 13.9. The smallest absolute Gasteiger partial charge is 0.331 e. The fourth-order valence-corrected chi connectivity index (χ4v) is 15.4. The maximum atomic E-state index is 13.9. The maximum Gasteiger partial charge on any atom is 0.331 e. The lowest BCUT2D eigenvalue weighted by Crippen LogP contribution is -2.47. The van der Waals surface area contributed by atoms with E-state index in [1.54, 1.807) is 81.3 Å². The molecule has 0 aromatic carbocycles. The van der Waals surface area contributed by atoms with Crippen LogP contribution in [0.5, 0.6) is 0 Å². The van der Waals surface area contributed by atoms with Crippen molar-refractivity contribution in [3.05, 3.63) is 71.9 Å². The van der Waals surface area contributed by atoms with Gasteiger partial charge in [-0.15, -0.1) is 0 Å². The first kappa shape index (κ1) is 86.3. The Balaban J connectivity index is 1.37. The van der Waals surface area contributed by atoms with Gasteiger partial charge in [-0.3, -0.25) is 0 Å². The lowest BCUT2D eigenvalue weighted by Gasteiger charge is -2.39. The highest BCUT2D eigenvalue weighted by atomic mass is 16.6. The number of carbonyl (C=O) groups excluding carboxylic acids is 2. The van der Waals surface area contributed by atoms with E-state index in [-0.39, 0.29) is 93.6 Å². The normalized spacial score (nSPS) is 41.1. The van der Waals surface area contributed by atoms with E-state index < -0.39 is 151 Å². The fourth-order valence-electron chi connectivity index (χ4n) is 15.4. The number of aliphatic hydroxyl groups is 9. The Labute approximate surface area is 592 Å². The second-order valence-electron chi connectivity index (χ2n) is 30.5. The number of esters is 2. The van der Waals surface area contributed by atoms with Gasteiger partial charge in [0.1, 0.15) is 12.2 Å². The van der Waals surface area contributed by atoms with Crippen LogP contribution in [0, 0.1) is 47.3 Å². The van der Waals surface area contributed by atoms with Gasteiger partial charge in [-0.2, -0.15) is 0 Å². The van der Waals surface area contributed by atoms with Crippen molar-refractivity contribution in [2.45, 2.75) is 333 Å². The summed E-state index contributed by atoms with van der Waals surface area (Å²) in [6, 6.07) is 0. The molecular weight excluding hydrogens is 1270 g/mol. The summed E-state index contributed by atoms with van der Waals surface area (Å²) in [5.74, 6) is -6.08. The first-order chi connectivity index (χ1) is 46.8. The highest BCUT2D eigenvalue weighted by Gasteiger charge is 2.43. The van der Waals surface area contributed by atoms with Crippen LogP contribution in [0.1, 0.15) is 192 Å². The van der Waals surface area contributed by atoms with Crippen molar-refractivity contribution in [2.24, 2.45) is 47.3 Å². The summed E-state index contributed by atoms with van der Waals surface area (Å²) in [5.41, 5.74) is 1.35. The summed E-state index contributed by atoms with van der Waals surface area (Å²) in [5, 5.41) is 106. The number of ether oxygens (including phenoxy) is 10. The monoisotopic (exact) mass is 1400 g/mol. The molecule has 2 fully saturated rings. The Morgan fingerprint density at radius 2 is 0.889 bits per heavy atom. The third kappa shape index (κ3) is 28.3. The van der Waals surface area contributed by atoms with Crippen molar-refractivity contribution in [3.8, 4) is 0 Å². The highest BCUT2D eigenvalue weighted by molar-refractivity contribution is 5.83. The van der Waals surface area contributed by atoms with Crippen LogP contribution < -0.4 is 0 Å². The van der Waals surface area contributed by atoms with E-state index in [2.05, 4.69) is 0 Å². The second-order valence-corrected chi connectivity index (χ2v) is 30.5. The molecule has 0 radical (unpaired) electrons. The van der Waals surface area contributed by atoms with Crippen molar-refractivity contribution in [2.75, 3.05) is 28.4 Å². The number of methoxy groups -OCH3 is 4. The van der Waals surface area contributed by atoms with E-state index in [0.717, 1.165) is 12.8 Å². The quantitative estimate of drug-likeness (QED) is 0.0514. The van der Waals surface area contributed by atoms with Crippen LogP contribution in [-0.2, 0) is 57.0 Å². The minimum absolute atomic E-state index is 0.0334. The first-order valence-corrected chi connectivity index (χ1v) is 37.1. The summed E-state index contributed by atoms with van der Waals surface area (Å²) in [4.78, 5) is 27.8. The van der Waals surface area contributed by atoms with Crippen LogP contribution in [0.3, 0.4) is 0 Å². The molecule has 21 nitrogen and oxygen atoms in total. The molecule has 570 valence electrons. The molecule has 9 N–H and O–H groups in total. The number of rotatable bonds is 16. The molecule has 0 aromatic rings. The van der Waals surface area contributed by atoms with E-state index in [9.17, 15) is 55.5 Å². The van der Waals surface area contributed by atoms with Crippen LogP contribution in [0.2, 0.25) is 0 Å². The van der Waals surface area contributed by atoms with Gasteiger partial charge in [0.2, 0.25) is 0 Å². The van der Waals surface area contributed by atoms with Gasteiger partial charge in [-0.05, 0) is 117 Å². The average molecular weight is 1410 g/mol. The Morgan fingerprint density at radius 3 is 1.32 bits per heavy atom. The predicted octanol–water partition coefficient (Wildman–Crippen LogP) is 9.08. The van der Waals surface area contributed by atoms with Gasteiger partial charge in [-0.1, -0.05) is 115 Å². The molecule has 0 amide bonds. The van der Waals surface area contributed by atoms with Gasteiger partial charge in [0, 0.05) is 108 Å². The predicted molar refractivity (Wildman–Crippen MR) is 379 cm³/mol. The largest absolute Gasteiger partial charge is 0.458 e. The molecule has 5 rings (SSSR count). The Morgan fingerprint density at radius 1 is 0.475 bits per heavy atom. The molecule has 0 unspecified atom stereocenters. The number of aliphatic hydroxyl groups excluding tert-OH is 9. The number of fused-ring (bicyclic) bond motifs is 4. The van der Waals surface area contributed by atoms with Gasteiger partial charge in [-0.25, -0.2) is 9.59 Å². The summed E-state index contributed by atoms with van der Waals surface area (Å²) in [6.45, 7) is 22.1. The van der Waals surface area contributed by atoms with Crippen molar-refractivity contribution in [1.29, 1.82) is 0 Å². The Bertz CT molecular complexity index is 2520. The standard InChI is InChI=1S/C78H132O21/c1-44-23-28-56(79)36-58-20-18-22-61(97-58)40-71(93-16)51(8)66(82)43-68(84)53(10)78(55(12)76(89)47(4)33-69(85)72-41-64(91-14)35-49(6)95-72)99-74(87)32-26-45(2)24-29-57(80)37-59-19-17-21-60(96-59)39-70(92-15)50(7)65(81)42-67(83)52(9)77(98-73(86)31-25-44)54(11)75(88)46(3)27-30-62-38-63(90-13)34-48(5)94-62/h17-20,23-26,31-32,46-72,75-85,88-89H,21-22,27-30,33-43H2,1-16H3/b31-25+,32-26+,44-23+,45-24+/t46-,47-,48-,49-,50-,51-,52-,53-,54-,55-,56-,57-,58-,59-,60-,61-,62-,63+,64+,65-,66-,67+,68+,69-,70-,71-,72+,75-,76-,77-,78-/m0/s1. The molecule has 5 heterocycles. The molecule has 0 aliphatic carbocycles. The molecule has 31 atom stereocenters. The molecule has 0 aromatic heterocycles. The topological polar surface area (TPSA) is 309 Å². The van der Waals surface area contributed by atoms with Crippen LogP contribution in [-0.4, -0.2) is 227 Å². The van der Waals surface area contributed by atoms with Crippen molar-refractivity contribution in [1.82, 2.24) is 0 Å². The van der Waals surface area contributed by atoms with Gasteiger partial charge in [0.15, 0.2) is 0 Å². The zero-order chi connectivity index (χ0) is 73.4. The van der Waals surface area contributed by atoms with E-state index >= 15 is 0 Å². The van der Waals surface area contributed by atoms with Gasteiger partial charge < -0.3 is 93.3 Å². The van der Waals surface area contributed by atoms with Crippen molar-refractivity contribution in [3.63, 3.8) is 0 Å². The molecular formula is C78H132O21. The number of cyclic esters (lactones) is 2. The third-order valence-electron chi connectivity index (χ3n) is 22.3. The molecule has 5 aliphatic rings. The van der Waals surface area contributed by atoms with E-state index in [0.29, 0.717) is 62.5 Å². The number of allylic oxidation sites excluding steroid dienone is 4. The Hall–Kier alpha value is -3.30. The van der Waals surface area contributed by atoms with Crippen molar-refractivity contribution >= 4 is 11.9 Å². The fraction of sp³-hybridized carbons (Fsp3) is 0.821. The van der Waals surface area contributed by atoms with Crippen LogP contribution in [0.25, 0.3) is 0 Å². The van der Waals surface area contributed by atoms with Gasteiger partial charge in [0.05, 0.1) is 128 Å². The molecule has 2 saturated heterocycles. The zero-order valence-corrected chi connectivity index (χ0v) is 62.6. The van der Waals surface area contributed by atoms with Crippen LogP contribution >= 0.6 is 0 Å². The molecule has 99 heavy (non-hydrogen) atoms. The SMILES string of the molecule is CO[C@@H]1C[C@H](C)O[C@@H]([C@@H](O)C[C@H](C)[C@H](O)[C@H](C)[C@H]2OC(=O)/C=C/C(C)=C/C[C@H](O)C[C@@H]3C=CC[C@@H](C[C@H](OC)[C@@H](C)[C@@H](O)C[C@@H](O)[C@H](C)[C@@H]([C@@H](C)[C@@H](O)[C@@H](C)CC[C@H]4C[C@H](OC)C[C@H](C)O4)OC(=O)/C=C/C(C)=C/C[C@H](O)C[C@@H]4C=CC[C@@H](C[C@H](OC)[C@@H](C)[C@@H](O)C[C@@H](O)[C@@H]2C)O4)O3)C1. The Kier molecular flexibility index (Phi) is 37.7. The van der Waals surface area contributed by atoms with Gasteiger partial charge >= 0.3 is 11.9 Å². The first-order valence-electron chi connectivity index (χ1n) is 37.1. The van der Waals surface area contributed by atoms with E-state index in [1.165, 1.54) is 12.2 Å². The average Bonchev–Trinajstić information content (AvgIpc) is 0.855. The number of hydrogen-bond acceptors (Lipinski definition) is 21. The lowest BCUT2D eigenvalue weighted by atomic mass is 9.78. The molecule has 21 heteroatoms. The minimum Gasteiger partial charge on any atom is -0.458 e. The van der Waals surface area contributed by atoms with Crippen LogP contribution in [0.4, 0.5) is 0 Å². The van der Waals surface area contributed by atoms with E-state index in [4.69, 9.17) is 47.4 Å². The molecule has 5 aliphatic heterocycles. The van der Waals surface area contributed by atoms with Crippen LogP contribution in [0.15, 0.2) is 71.9 Å². The molecule has 4 bridgehead atoms. The zero-order valence-electron chi connectivity index (χ0n) is 62.6. The molecule has 0 spiro atoms. The minimum atomic E-state index is -1.22. The summed E-state index contributed by atoms with van der Waals surface area (Å²) < 4.78 is 61.1. The second kappa shape index (κ2) is 43.2. The van der Waals surface area contributed by atoms with Crippen molar-refractivity contribution < 1.29 is 103 Å².